The maximum absolute atomic E-state index is 9.01. The van der Waals surface area contributed by atoms with Crippen LogP contribution >= 0.6 is 0 Å². The van der Waals surface area contributed by atoms with Gasteiger partial charge in [0.25, 0.3) is 0 Å². The van der Waals surface area contributed by atoms with Gasteiger partial charge in [0.2, 0.25) is 0 Å². The number of aliphatic hydroxyl groups is 2. The van der Waals surface area contributed by atoms with Crippen LogP contribution in [-0.2, 0) is 0 Å². The van der Waals surface area contributed by atoms with E-state index in [1.165, 1.54) is 0 Å². The molecule has 48 valence electrons. The van der Waals surface area contributed by atoms with E-state index in [1.807, 2.05) is 6.92 Å². The molecule has 0 heterocycles. The zero-order valence-corrected chi connectivity index (χ0v) is 5.04. The van der Waals surface area contributed by atoms with Crippen molar-refractivity contribution in [1.29, 1.82) is 0 Å². The van der Waals surface area contributed by atoms with Gasteiger partial charge in [-0.2, -0.15) is 0 Å². The molecule has 3 atom stereocenters. The Hall–Kier alpha value is -0.0800. The molecule has 0 aliphatic heterocycles. The third-order valence-electron chi connectivity index (χ3n) is 1.81. The smallest absolute Gasteiger partial charge is 0.0591 e. The summed E-state index contributed by atoms with van der Waals surface area (Å²) in [7, 11) is 0. The number of aliphatic hydroxyl groups excluding tert-OH is 2. The van der Waals surface area contributed by atoms with E-state index in [-0.39, 0.29) is 12.2 Å². The summed E-state index contributed by atoms with van der Waals surface area (Å²) in [6.07, 6.45) is 0.826. The quantitative estimate of drug-likeness (QED) is 0.472. The van der Waals surface area contributed by atoms with Gasteiger partial charge in [-0.1, -0.05) is 6.92 Å². The Bertz CT molecular complexity index is 72.6. The topological polar surface area (TPSA) is 40.5 Å². The minimum atomic E-state index is -0.259. The van der Waals surface area contributed by atoms with Crippen molar-refractivity contribution in [3.63, 3.8) is 0 Å². The van der Waals surface area contributed by atoms with Gasteiger partial charge in [0.05, 0.1) is 12.2 Å². The molecule has 1 aliphatic rings. The second-order valence-corrected chi connectivity index (χ2v) is 2.67. The van der Waals surface area contributed by atoms with Gasteiger partial charge in [0, 0.05) is 0 Å². The lowest BCUT2D eigenvalue weighted by Crippen LogP contribution is -2.08. The largest absolute Gasteiger partial charge is 0.393 e. The monoisotopic (exact) mass is 116 g/mol. The van der Waals surface area contributed by atoms with Gasteiger partial charge in [-0.3, -0.25) is 0 Å². The van der Waals surface area contributed by atoms with Crippen molar-refractivity contribution in [3.05, 3.63) is 0 Å². The van der Waals surface area contributed by atoms with Crippen LogP contribution in [0.3, 0.4) is 0 Å². The summed E-state index contributed by atoms with van der Waals surface area (Å²) in [5.41, 5.74) is 0. The molecule has 1 aliphatic carbocycles. The Balaban J connectivity index is 2.39. The first-order chi connectivity index (χ1) is 3.70. The number of rotatable bonds is 0. The van der Waals surface area contributed by atoms with Crippen molar-refractivity contribution >= 4 is 0 Å². The standard InChI is InChI=1S/C6H12O2/c1-4-2-5(7)3-6(4)8/h4-8H,2-3H2,1H3/t4-,5-,6-/m0/s1. The summed E-state index contributed by atoms with van der Waals surface area (Å²) in [5.74, 6) is 0.296. The molecule has 2 N–H and O–H groups in total. The van der Waals surface area contributed by atoms with Gasteiger partial charge in [0.1, 0.15) is 0 Å². The Labute approximate surface area is 49.1 Å². The number of hydrogen-bond donors (Lipinski definition) is 2. The number of hydrogen-bond acceptors (Lipinski definition) is 2. The van der Waals surface area contributed by atoms with E-state index in [9.17, 15) is 0 Å². The van der Waals surface area contributed by atoms with E-state index in [0.717, 1.165) is 6.42 Å². The zero-order valence-electron chi connectivity index (χ0n) is 5.04. The molecule has 0 spiro atoms. The Morgan fingerprint density at radius 2 is 1.88 bits per heavy atom. The van der Waals surface area contributed by atoms with Crippen LogP contribution in [0.1, 0.15) is 19.8 Å². The molecule has 0 amide bonds. The first kappa shape index (κ1) is 6.05. The predicted octanol–water partition coefficient (Wildman–Crippen LogP) is 0.138. The lowest BCUT2D eigenvalue weighted by atomic mass is 10.1. The first-order valence-corrected chi connectivity index (χ1v) is 3.06. The Morgan fingerprint density at radius 3 is 2.00 bits per heavy atom. The van der Waals surface area contributed by atoms with Crippen LogP contribution in [0.25, 0.3) is 0 Å². The Kier molecular flexibility index (Phi) is 1.54. The van der Waals surface area contributed by atoms with Crippen molar-refractivity contribution in [3.8, 4) is 0 Å². The molecule has 1 saturated carbocycles. The lowest BCUT2D eigenvalue weighted by Gasteiger charge is -2.03. The van der Waals surface area contributed by atoms with Crippen molar-refractivity contribution in [2.75, 3.05) is 0 Å². The summed E-state index contributed by atoms with van der Waals surface area (Å²) >= 11 is 0. The molecule has 0 bridgehead atoms. The highest BCUT2D eigenvalue weighted by molar-refractivity contribution is 4.79. The van der Waals surface area contributed by atoms with Crippen LogP contribution in [0.4, 0.5) is 0 Å². The van der Waals surface area contributed by atoms with Gasteiger partial charge >= 0.3 is 0 Å². The molecule has 0 saturated heterocycles. The molecule has 2 nitrogen and oxygen atoms in total. The van der Waals surface area contributed by atoms with Crippen LogP contribution in [0, 0.1) is 5.92 Å². The van der Waals surface area contributed by atoms with Crippen LogP contribution in [0.5, 0.6) is 0 Å². The van der Waals surface area contributed by atoms with Gasteiger partial charge in [-0.05, 0) is 18.8 Å². The molecule has 0 radical (unpaired) electrons. The van der Waals surface area contributed by atoms with E-state index in [2.05, 4.69) is 0 Å². The summed E-state index contributed by atoms with van der Waals surface area (Å²) < 4.78 is 0. The normalized spacial score (nSPS) is 47.6. The average Bonchev–Trinajstić information content (AvgIpc) is 1.85. The fourth-order valence-corrected chi connectivity index (χ4v) is 1.19. The van der Waals surface area contributed by atoms with E-state index in [0.29, 0.717) is 12.3 Å². The Morgan fingerprint density at radius 1 is 1.25 bits per heavy atom. The van der Waals surface area contributed by atoms with Crippen molar-refractivity contribution in [2.24, 2.45) is 5.92 Å². The minimum absolute atomic E-state index is 0.250. The lowest BCUT2D eigenvalue weighted by molar-refractivity contribution is 0.124. The van der Waals surface area contributed by atoms with Gasteiger partial charge in [-0.15, -0.1) is 0 Å². The highest BCUT2D eigenvalue weighted by Crippen LogP contribution is 2.24. The van der Waals surface area contributed by atoms with Gasteiger partial charge < -0.3 is 10.2 Å². The van der Waals surface area contributed by atoms with Crippen LogP contribution in [0.15, 0.2) is 0 Å². The molecular weight excluding hydrogens is 104 g/mol. The molecule has 1 fully saturated rings. The molecule has 0 aromatic carbocycles. The molecule has 0 unspecified atom stereocenters. The summed E-state index contributed by atoms with van der Waals surface area (Å²) in [4.78, 5) is 0. The van der Waals surface area contributed by atoms with Crippen molar-refractivity contribution in [1.82, 2.24) is 0 Å². The second kappa shape index (κ2) is 2.03. The van der Waals surface area contributed by atoms with Crippen molar-refractivity contribution < 1.29 is 10.2 Å². The molecule has 8 heavy (non-hydrogen) atoms. The maximum Gasteiger partial charge on any atom is 0.0591 e. The van der Waals surface area contributed by atoms with E-state index in [4.69, 9.17) is 10.2 Å². The summed E-state index contributed by atoms with van der Waals surface area (Å²) in [6, 6.07) is 0. The SMILES string of the molecule is C[C@H]1C[C@H](O)C[C@@H]1O. The minimum Gasteiger partial charge on any atom is -0.393 e. The third kappa shape index (κ3) is 1.01. The summed E-state index contributed by atoms with van der Waals surface area (Å²) in [5, 5.41) is 17.9. The van der Waals surface area contributed by atoms with Gasteiger partial charge in [-0.25, -0.2) is 0 Å². The highest BCUT2D eigenvalue weighted by atomic mass is 16.3. The molecule has 0 aromatic rings. The molecule has 0 aromatic heterocycles. The fraction of sp³-hybridized carbons (Fsp3) is 1.00. The zero-order chi connectivity index (χ0) is 6.15. The van der Waals surface area contributed by atoms with Crippen LogP contribution in [-0.4, -0.2) is 22.4 Å². The maximum atomic E-state index is 9.01. The molecule has 1 rings (SSSR count). The van der Waals surface area contributed by atoms with Gasteiger partial charge in [0.15, 0.2) is 0 Å². The average molecular weight is 116 g/mol. The highest BCUT2D eigenvalue weighted by Gasteiger charge is 2.27. The fourth-order valence-electron chi connectivity index (χ4n) is 1.19. The summed E-state index contributed by atoms with van der Waals surface area (Å²) in [6.45, 7) is 1.96. The predicted molar refractivity (Wildman–Crippen MR) is 30.4 cm³/mol. The molecular formula is C6H12O2. The van der Waals surface area contributed by atoms with Crippen LogP contribution < -0.4 is 0 Å². The van der Waals surface area contributed by atoms with Crippen molar-refractivity contribution in [2.45, 2.75) is 32.0 Å². The van der Waals surface area contributed by atoms with E-state index >= 15 is 0 Å². The third-order valence-corrected chi connectivity index (χ3v) is 1.81. The molecule has 2 heteroatoms. The van der Waals surface area contributed by atoms with E-state index < -0.39 is 0 Å². The second-order valence-electron chi connectivity index (χ2n) is 2.67. The van der Waals surface area contributed by atoms with Crippen LogP contribution in [0.2, 0.25) is 0 Å². The first-order valence-electron chi connectivity index (χ1n) is 3.06. The van der Waals surface area contributed by atoms with E-state index in [1.54, 1.807) is 0 Å².